The molecule has 1 atom stereocenters. The van der Waals surface area contributed by atoms with Gasteiger partial charge in [0.25, 0.3) is 5.91 Å². The van der Waals surface area contributed by atoms with Crippen molar-refractivity contribution >= 4 is 27.5 Å². The summed E-state index contributed by atoms with van der Waals surface area (Å²) in [5.74, 6) is -0.639. The van der Waals surface area contributed by atoms with Crippen LogP contribution >= 0.6 is 0 Å². The second kappa shape index (κ2) is 8.79. The Hall–Kier alpha value is -2.71. The van der Waals surface area contributed by atoms with Crippen molar-refractivity contribution in [2.24, 2.45) is 11.1 Å². The number of primary sulfonamides is 1. The molecule has 0 radical (unpaired) electrons. The summed E-state index contributed by atoms with van der Waals surface area (Å²) in [5.41, 5.74) is 1.53. The van der Waals surface area contributed by atoms with Crippen molar-refractivity contribution in [1.29, 1.82) is 0 Å². The SMILES string of the molecule is CCC(C)C(=O)Nc1ccccc1C(=O)NCc1ccc(S(N)(=O)=O)cc1. The van der Waals surface area contributed by atoms with Crippen LogP contribution in [0.4, 0.5) is 5.69 Å². The Morgan fingerprint density at radius 3 is 2.30 bits per heavy atom. The summed E-state index contributed by atoms with van der Waals surface area (Å²) in [6.07, 6.45) is 0.703. The average molecular weight is 389 g/mol. The number of hydrogen-bond acceptors (Lipinski definition) is 4. The topological polar surface area (TPSA) is 118 Å². The van der Waals surface area contributed by atoms with Crippen LogP contribution in [0, 0.1) is 5.92 Å². The van der Waals surface area contributed by atoms with Gasteiger partial charge in [0.2, 0.25) is 15.9 Å². The van der Waals surface area contributed by atoms with E-state index in [1.165, 1.54) is 12.1 Å². The summed E-state index contributed by atoms with van der Waals surface area (Å²) in [6.45, 7) is 3.95. The first-order valence-corrected chi connectivity index (χ1v) is 10.1. The third-order valence-corrected chi connectivity index (χ3v) is 5.12. The number of carbonyl (C=O) groups is 2. The molecule has 0 aliphatic carbocycles. The molecule has 2 aromatic carbocycles. The van der Waals surface area contributed by atoms with Crippen molar-refractivity contribution in [3.63, 3.8) is 0 Å². The van der Waals surface area contributed by atoms with E-state index >= 15 is 0 Å². The largest absolute Gasteiger partial charge is 0.348 e. The number of benzene rings is 2. The Balaban J connectivity index is 2.07. The maximum atomic E-state index is 12.5. The molecule has 2 aromatic rings. The van der Waals surface area contributed by atoms with Crippen LogP contribution in [0.2, 0.25) is 0 Å². The lowest BCUT2D eigenvalue weighted by Crippen LogP contribution is -2.26. The molecule has 0 fully saturated rings. The molecule has 0 aromatic heterocycles. The zero-order chi connectivity index (χ0) is 20.0. The molecule has 0 aliphatic rings. The fourth-order valence-electron chi connectivity index (χ4n) is 2.31. The van der Waals surface area contributed by atoms with E-state index in [1.807, 2.05) is 13.8 Å². The van der Waals surface area contributed by atoms with Crippen molar-refractivity contribution in [1.82, 2.24) is 5.32 Å². The van der Waals surface area contributed by atoms with Gasteiger partial charge in [-0.15, -0.1) is 0 Å². The number of nitrogens with two attached hydrogens (primary N) is 1. The Morgan fingerprint density at radius 2 is 1.70 bits per heavy atom. The zero-order valence-corrected chi connectivity index (χ0v) is 16.0. The maximum absolute atomic E-state index is 12.5. The first kappa shape index (κ1) is 20.6. The highest BCUT2D eigenvalue weighted by Crippen LogP contribution is 2.17. The molecule has 7 nitrogen and oxygen atoms in total. The summed E-state index contributed by atoms with van der Waals surface area (Å²) in [6, 6.07) is 12.7. The monoisotopic (exact) mass is 389 g/mol. The van der Waals surface area contributed by atoms with Crippen LogP contribution in [-0.2, 0) is 21.4 Å². The molecule has 4 N–H and O–H groups in total. The minimum Gasteiger partial charge on any atom is -0.348 e. The number of para-hydroxylation sites is 1. The lowest BCUT2D eigenvalue weighted by Gasteiger charge is -2.14. The van der Waals surface area contributed by atoms with E-state index < -0.39 is 10.0 Å². The van der Waals surface area contributed by atoms with Gasteiger partial charge in [-0.25, -0.2) is 13.6 Å². The molecule has 0 saturated heterocycles. The second-order valence-electron chi connectivity index (χ2n) is 6.22. The molecular formula is C19H23N3O4S. The first-order chi connectivity index (χ1) is 12.7. The van der Waals surface area contributed by atoms with Gasteiger partial charge in [0, 0.05) is 12.5 Å². The number of rotatable bonds is 7. The van der Waals surface area contributed by atoms with Crippen molar-refractivity contribution in [2.45, 2.75) is 31.7 Å². The molecule has 144 valence electrons. The lowest BCUT2D eigenvalue weighted by molar-refractivity contribution is -0.119. The third kappa shape index (κ3) is 5.63. The van der Waals surface area contributed by atoms with E-state index in [0.717, 1.165) is 5.56 Å². The predicted molar refractivity (Wildman–Crippen MR) is 104 cm³/mol. The van der Waals surface area contributed by atoms with Gasteiger partial charge in [-0.2, -0.15) is 0 Å². The molecule has 0 heterocycles. The van der Waals surface area contributed by atoms with Crippen LogP contribution in [0.25, 0.3) is 0 Å². The minimum absolute atomic E-state index is 0.00989. The van der Waals surface area contributed by atoms with Crippen molar-refractivity contribution in [2.75, 3.05) is 5.32 Å². The van der Waals surface area contributed by atoms with Gasteiger partial charge in [-0.1, -0.05) is 38.1 Å². The summed E-state index contributed by atoms with van der Waals surface area (Å²) in [7, 11) is -3.75. The van der Waals surface area contributed by atoms with Crippen LogP contribution in [0.3, 0.4) is 0 Å². The highest BCUT2D eigenvalue weighted by molar-refractivity contribution is 7.89. The van der Waals surface area contributed by atoms with Crippen molar-refractivity contribution < 1.29 is 18.0 Å². The molecule has 0 saturated carbocycles. The molecular weight excluding hydrogens is 366 g/mol. The molecule has 8 heteroatoms. The number of hydrogen-bond donors (Lipinski definition) is 3. The van der Waals surface area contributed by atoms with Gasteiger partial charge in [-0.3, -0.25) is 9.59 Å². The van der Waals surface area contributed by atoms with Crippen molar-refractivity contribution in [3.8, 4) is 0 Å². The first-order valence-electron chi connectivity index (χ1n) is 8.52. The Labute approximate surface area is 159 Å². The number of amides is 2. The number of anilines is 1. The Kier molecular flexibility index (Phi) is 6.70. The Morgan fingerprint density at radius 1 is 1.07 bits per heavy atom. The van der Waals surface area contributed by atoms with Gasteiger partial charge in [0.05, 0.1) is 16.1 Å². The van der Waals surface area contributed by atoms with Crippen LogP contribution in [0.5, 0.6) is 0 Å². The van der Waals surface area contributed by atoms with E-state index in [4.69, 9.17) is 5.14 Å². The summed E-state index contributed by atoms with van der Waals surface area (Å²) in [4.78, 5) is 24.6. The van der Waals surface area contributed by atoms with Gasteiger partial charge in [-0.05, 0) is 36.2 Å². The molecule has 2 amide bonds. The van der Waals surface area contributed by atoms with E-state index in [0.29, 0.717) is 17.7 Å². The highest BCUT2D eigenvalue weighted by atomic mass is 32.2. The summed E-state index contributed by atoms with van der Waals surface area (Å²) in [5, 5.41) is 10.6. The standard InChI is InChI=1S/C19H23N3O4S/c1-3-13(2)18(23)22-17-7-5-4-6-16(17)19(24)21-12-14-8-10-15(11-9-14)27(20,25)26/h4-11,13H,3,12H2,1-2H3,(H,21,24)(H,22,23)(H2,20,25,26). The number of carbonyl (C=O) groups excluding carboxylic acids is 2. The highest BCUT2D eigenvalue weighted by Gasteiger charge is 2.16. The second-order valence-corrected chi connectivity index (χ2v) is 7.78. The maximum Gasteiger partial charge on any atom is 0.253 e. The van der Waals surface area contributed by atoms with E-state index in [-0.39, 0.29) is 29.2 Å². The average Bonchev–Trinajstić information content (AvgIpc) is 2.65. The van der Waals surface area contributed by atoms with Crippen LogP contribution < -0.4 is 15.8 Å². The quantitative estimate of drug-likeness (QED) is 0.673. The van der Waals surface area contributed by atoms with E-state index in [1.54, 1.807) is 36.4 Å². The van der Waals surface area contributed by atoms with Gasteiger partial charge in [0.15, 0.2) is 0 Å². The predicted octanol–water partition coefficient (Wildman–Crippen LogP) is 2.25. The van der Waals surface area contributed by atoms with Crippen LogP contribution in [-0.4, -0.2) is 20.2 Å². The van der Waals surface area contributed by atoms with Crippen molar-refractivity contribution in [3.05, 3.63) is 59.7 Å². The van der Waals surface area contributed by atoms with Gasteiger partial charge < -0.3 is 10.6 Å². The molecule has 0 aliphatic heterocycles. The van der Waals surface area contributed by atoms with E-state index in [2.05, 4.69) is 10.6 Å². The minimum atomic E-state index is -3.75. The molecule has 2 rings (SSSR count). The Bertz CT molecular complexity index is 924. The van der Waals surface area contributed by atoms with Crippen LogP contribution in [0.1, 0.15) is 36.2 Å². The van der Waals surface area contributed by atoms with Gasteiger partial charge >= 0.3 is 0 Å². The zero-order valence-electron chi connectivity index (χ0n) is 15.2. The molecule has 1 unspecified atom stereocenters. The third-order valence-electron chi connectivity index (χ3n) is 4.19. The molecule has 27 heavy (non-hydrogen) atoms. The number of nitrogens with one attached hydrogen (secondary N) is 2. The molecule has 0 bridgehead atoms. The smallest absolute Gasteiger partial charge is 0.253 e. The fourth-order valence-corrected chi connectivity index (χ4v) is 2.82. The lowest BCUT2D eigenvalue weighted by atomic mass is 10.1. The fraction of sp³-hybridized carbons (Fsp3) is 0.263. The summed E-state index contributed by atoms with van der Waals surface area (Å²) >= 11 is 0. The van der Waals surface area contributed by atoms with Crippen LogP contribution in [0.15, 0.2) is 53.4 Å². The summed E-state index contributed by atoms with van der Waals surface area (Å²) < 4.78 is 22.5. The number of sulfonamides is 1. The van der Waals surface area contributed by atoms with Gasteiger partial charge in [0.1, 0.15) is 0 Å². The van der Waals surface area contributed by atoms with E-state index in [9.17, 15) is 18.0 Å². The normalized spacial score (nSPS) is 12.3. The molecule has 0 spiro atoms.